The maximum atomic E-state index is 12.1. The van der Waals surface area contributed by atoms with E-state index >= 15 is 0 Å². The number of nitrogens with one attached hydrogen (secondary N) is 3. The van der Waals surface area contributed by atoms with Crippen molar-refractivity contribution in [3.8, 4) is 0 Å². The predicted molar refractivity (Wildman–Crippen MR) is 87.3 cm³/mol. The van der Waals surface area contributed by atoms with Crippen LogP contribution >= 0.6 is 0 Å². The Morgan fingerprint density at radius 2 is 2.09 bits per heavy atom. The van der Waals surface area contributed by atoms with E-state index in [0.29, 0.717) is 17.9 Å². The van der Waals surface area contributed by atoms with E-state index in [-0.39, 0.29) is 5.91 Å². The van der Waals surface area contributed by atoms with E-state index in [1.807, 2.05) is 12.1 Å². The molecule has 0 aliphatic heterocycles. The molecule has 0 saturated heterocycles. The quantitative estimate of drug-likeness (QED) is 0.649. The predicted octanol–water partition coefficient (Wildman–Crippen LogP) is 1.95. The Labute approximate surface area is 130 Å². The molecular weight excluding hydrogens is 278 g/mol. The van der Waals surface area contributed by atoms with Crippen LogP contribution < -0.4 is 16.0 Å². The number of rotatable bonds is 8. The molecule has 0 unspecified atom stereocenters. The molecular formula is C16H21N5O. The van der Waals surface area contributed by atoms with Crippen LogP contribution in [-0.2, 0) is 0 Å². The van der Waals surface area contributed by atoms with Gasteiger partial charge in [0.2, 0.25) is 0 Å². The Balaban J connectivity index is 1.89. The van der Waals surface area contributed by atoms with Gasteiger partial charge in [0, 0.05) is 36.7 Å². The number of nitrogens with zero attached hydrogens (tertiary/aromatic N) is 2. The number of anilines is 2. The average Bonchev–Trinajstić information content (AvgIpc) is 2.56. The molecule has 3 N–H and O–H groups in total. The van der Waals surface area contributed by atoms with E-state index in [1.54, 1.807) is 30.7 Å². The highest BCUT2D eigenvalue weighted by atomic mass is 16.1. The summed E-state index contributed by atoms with van der Waals surface area (Å²) in [5.74, 6) is 0.560. The summed E-state index contributed by atoms with van der Waals surface area (Å²) in [7, 11) is 0. The molecule has 0 aliphatic carbocycles. The third-order valence-corrected chi connectivity index (χ3v) is 2.97. The number of aromatic nitrogens is 2. The van der Waals surface area contributed by atoms with Crippen molar-refractivity contribution in [3.63, 3.8) is 0 Å². The number of carbonyl (C=O) groups is 1. The topological polar surface area (TPSA) is 78.9 Å². The van der Waals surface area contributed by atoms with Crippen LogP contribution in [0, 0.1) is 0 Å². The molecule has 0 aliphatic rings. The van der Waals surface area contributed by atoms with Gasteiger partial charge < -0.3 is 16.0 Å². The van der Waals surface area contributed by atoms with E-state index in [2.05, 4.69) is 32.8 Å². The summed E-state index contributed by atoms with van der Waals surface area (Å²) in [6, 6.07) is 7.30. The maximum absolute atomic E-state index is 12.1. The molecule has 2 aromatic rings. The van der Waals surface area contributed by atoms with Crippen molar-refractivity contribution < 1.29 is 4.79 Å². The van der Waals surface area contributed by atoms with Crippen LogP contribution in [0.25, 0.3) is 0 Å². The van der Waals surface area contributed by atoms with Gasteiger partial charge in [0.15, 0.2) is 0 Å². The molecule has 1 amide bonds. The standard InChI is InChI=1S/C16H21N5O/c1-2-6-17-7-10-20-16(22)13-4-3-5-14(11-13)21-15-12-18-8-9-19-15/h3-5,8-9,11-12,17H,2,6-7,10H2,1H3,(H,19,21)(H,20,22). The van der Waals surface area contributed by atoms with E-state index < -0.39 is 0 Å². The van der Waals surface area contributed by atoms with Crippen LogP contribution in [0.3, 0.4) is 0 Å². The first-order valence-corrected chi connectivity index (χ1v) is 7.41. The minimum absolute atomic E-state index is 0.0823. The largest absolute Gasteiger partial charge is 0.351 e. The van der Waals surface area contributed by atoms with Crippen molar-refractivity contribution in [3.05, 3.63) is 48.4 Å². The van der Waals surface area contributed by atoms with Gasteiger partial charge in [-0.1, -0.05) is 13.0 Å². The van der Waals surface area contributed by atoms with Gasteiger partial charge in [-0.2, -0.15) is 0 Å². The number of benzene rings is 1. The highest BCUT2D eigenvalue weighted by Gasteiger charge is 2.05. The molecule has 0 saturated carbocycles. The monoisotopic (exact) mass is 299 g/mol. The zero-order valence-electron chi connectivity index (χ0n) is 12.7. The fourth-order valence-electron chi connectivity index (χ4n) is 1.92. The lowest BCUT2D eigenvalue weighted by atomic mass is 10.2. The first kappa shape index (κ1) is 15.9. The van der Waals surface area contributed by atoms with E-state index in [1.165, 1.54) is 0 Å². The Bertz CT molecular complexity index is 588. The molecule has 0 atom stereocenters. The van der Waals surface area contributed by atoms with Crippen LogP contribution in [0.1, 0.15) is 23.7 Å². The normalized spacial score (nSPS) is 10.2. The van der Waals surface area contributed by atoms with Gasteiger partial charge in [0.1, 0.15) is 5.82 Å². The van der Waals surface area contributed by atoms with Gasteiger partial charge in [0.05, 0.1) is 6.20 Å². The molecule has 0 spiro atoms. The Morgan fingerprint density at radius 3 is 2.86 bits per heavy atom. The smallest absolute Gasteiger partial charge is 0.251 e. The van der Waals surface area contributed by atoms with Crippen molar-refractivity contribution in [2.45, 2.75) is 13.3 Å². The average molecular weight is 299 g/mol. The summed E-state index contributed by atoms with van der Waals surface area (Å²) >= 11 is 0. The molecule has 0 radical (unpaired) electrons. The van der Waals surface area contributed by atoms with Crippen LogP contribution in [0.5, 0.6) is 0 Å². The Hall–Kier alpha value is -2.47. The minimum Gasteiger partial charge on any atom is -0.351 e. The summed E-state index contributed by atoms with van der Waals surface area (Å²) in [5, 5.41) is 9.25. The second-order valence-electron chi connectivity index (χ2n) is 4.80. The second-order valence-corrected chi connectivity index (χ2v) is 4.80. The number of carbonyl (C=O) groups excluding carboxylic acids is 1. The first-order valence-electron chi connectivity index (χ1n) is 7.41. The molecule has 0 bridgehead atoms. The van der Waals surface area contributed by atoms with Gasteiger partial charge in [-0.3, -0.25) is 9.78 Å². The van der Waals surface area contributed by atoms with Crippen molar-refractivity contribution in [2.75, 3.05) is 25.0 Å². The van der Waals surface area contributed by atoms with Crippen LogP contribution in [0.4, 0.5) is 11.5 Å². The molecule has 1 aromatic heterocycles. The van der Waals surface area contributed by atoms with Crippen molar-refractivity contribution in [2.24, 2.45) is 0 Å². The number of hydrogen-bond acceptors (Lipinski definition) is 5. The highest BCUT2D eigenvalue weighted by Crippen LogP contribution is 2.15. The van der Waals surface area contributed by atoms with Crippen molar-refractivity contribution in [1.29, 1.82) is 0 Å². The van der Waals surface area contributed by atoms with Crippen LogP contribution in [-0.4, -0.2) is 35.5 Å². The van der Waals surface area contributed by atoms with Crippen LogP contribution in [0.15, 0.2) is 42.9 Å². The summed E-state index contributed by atoms with van der Waals surface area (Å²) < 4.78 is 0. The fourth-order valence-corrected chi connectivity index (χ4v) is 1.92. The molecule has 116 valence electrons. The van der Waals surface area contributed by atoms with E-state index in [0.717, 1.165) is 25.2 Å². The zero-order valence-corrected chi connectivity index (χ0v) is 12.7. The van der Waals surface area contributed by atoms with Gasteiger partial charge in [-0.05, 0) is 31.2 Å². The van der Waals surface area contributed by atoms with Gasteiger partial charge in [-0.25, -0.2) is 4.98 Å². The molecule has 0 fully saturated rings. The summed E-state index contributed by atoms with van der Waals surface area (Å²) in [6.07, 6.45) is 5.94. The van der Waals surface area contributed by atoms with E-state index in [4.69, 9.17) is 0 Å². The first-order chi connectivity index (χ1) is 10.8. The maximum Gasteiger partial charge on any atom is 0.251 e. The fraction of sp³-hybridized carbons (Fsp3) is 0.312. The molecule has 2 rings (SSSR count). The molecule has 6 heteroatoms. The summed E-state index contributed by atoms with van der Waals surface area (Å²) in [4.78, 5) is 20.2. The van der Waals surface area contributed by atoms with Gasteiger partial charge in [0.25, 0.3) is 5.91 Å². The molecule has 22 heavy (non-hydrogen) atoms. The number of hydrogen-bond donors (Lipinski definition) is 3. The molecule has 1 heterocycles. The Kier molecular flexibility index (Phi) is 6.32. The van der Waals surface area contributed by atoms with E-state index in [9.17, 15) is 4.79 Å². The zero-order chi connectivity index (χ0) is 15.6. The lowest BCUT2D eigenvalue weighted by molar-refractivity contribution is 0.0954. The molecule has 1 aromatic carbocycles. The summed E-state index contributed by atoms with van der Waals surface area (Å²) in [5.41, 5.74) is 1.42. The third kappa shape index (κ3) is 5.14. The minimum atomic E-state index is -0.0823. The van der Waals surface area contributed by atoms with Gasteiger partial charge >= 0.3 is 0 Å². The lowest BCUT2D eigenvalue weighted by Crippen LogP contribution is -2.32. The van der Waals surface area contributed by atoms with Crippen molar-refractivity contribution in [1.82, 2.24) is 20.6 Å². The second kappa shape index (κ2) is 8.74. The highest BCUT2D eigenvalue weighted by molar-refractivity contribution is 5.95. The number of amides is 1. The lowest BCUT2D eigenvalue weighted by Gasteiger charge is -2.08. The Morgan fingerprint density at radius 1 is 1.18 bits per heavy atom. The van der Waals surface area contributed by atoms with Crippen LogP contribution in [0.2, 0.25) is 0 Å². The van der Waals surface area contributed by atoms with Gasteiger partial charge in [-0.15, -0.1) is 0 Å². The van der Waals surface area contributed by atoms with Crippen molar-refractivity contribution >= 4 is 17.4 Å². The summed E-state index contributed by atoms with van der Waals surface area (Å²) in [6.45, 7) is 4.46. The molecule has 6 nitrogen and oxygen atoms in total. The third-order valence-electron chi connectivity index (χ3n) is 2.97. The SMILES string of the molecule is CCCNCCNC(=O)c1cccc(Nc2cnccn2)c1.